The number of hydrogen-bond acceptors (Lipinski definition) is 3. The van der Waals surface area contributed by atoms with E-state index in [4.69, 9.17) is 4.74 Å². The molecule has 0 fully saturated rings. The molecule has 1 atom stereocenters. The highest BCUT2D eigenvalue weighted by Crippen LogP contribution is 2.44. The summed E-state index contributed by atoms with van der Waals surface area (Å²) >= 11 is 3.16. The van der Waals surface area contributed by atoms with Crippen LogP contribution in [0.4, 0.5) is 18.0 Å². The molecule has 2 heterocycles. The summed E-state index contributed by atoms with van der Waals surface area (Å²) in [7, 11) is 0. The molecule has 0 N–H and O–H groups in total. The van der Waals surface area contributed by atoms with E-state index in [-0.39, 0.29) is 12.2 Å². The summed E-state index contributed by atoms with van der Waals surface area (Å²) in [6, 6.07) is -0.540. The largest absolute Gasteiger partial charge is 0.444 e. The van der Waals surface area contributed by atoms with Crippen molar-refractivity contribution in [2.45, 2.75) is 45.1 Å². The van der Waals surface area contributed by atoms with Crippen molar-refractivity contribution in [3.05, 3.63) is 28.0 Å². The van der Waals surface area contributed by atoms with Crippen molar-refractivity contribution < 1.29 is 22.7 Å². The fourth-order valence-corrected chi connectivity index (χ4v) is 2.49. The van der Waals surface area contributed by atoms with E-state index in [9.17, 15) is 18.0 Å². The summed E-state index contributed by atoms with van der Waals surface area (Å²) in [6.45, 7) is 4.63. The van der Waals surface area contributed by atoms with Gasteiger partial charge >= 0.3 is 12.3 Å². The molecular formula is C13H14BrF3N2O2. The predicted octanol–water partition coefficient (Wildman–Crippen LogP) is 4.20. The highest BCUT2D eigenvalue weighted by Gasteiger charge is 2.52. The highest BCUT2D eigenvalue weighted by atomic mass is 79.9. The van der Waals surface area contributed by atoms with Gasteiger partial charge < -0.3 is 4.74 Å². The van der Waals surface area contributed by atoms with Gasteiger partial charge in [-0.05, 0) is 48.3 Å². The van der Waals surface area contributed by atoms with Crippen LogP contribution < -0.4 is 0 Å². The molecule has 1 aliphatic rings. The Balaban J connectivity index is 2.37. The number of pyridine rings is 1. The monoisotopic (exact) mass is 366 g/mol. The lowest BCUT2D eigenvalue weighted by Gasteiger charge is -2.29. The van der Waals surface area contributed by atoms with E-state index in [0.29, 0.717) is 14.9 Å². The molecule has 21 heavy (non-hydrogen) atoms. The van der Waals surface area contributed by atoms with E-state index >= 15 is 0 Å². The number of carbonyl (C=O) groups is 1. The third-order valence-electron chi connectivity index (χ3n) is 2.82. The van der Waals surface area contributed by atoms with E-state index in [1.54, 1.807) is 20.8 Å². The third kappa shape index (κ3) is 3.48. The summed E-state index contributed by atoms with van der Waals surface area (Å²) < 4.78 is 45.5. The average molecular weight is 367 g/mol. The minimum atomic E-state index is -4.61. The molecule has 0 bridgehead atoms. The lowest BCUT2D eigenvalue weighted by molar-refractivity contribution is -0.181. The summed E-state index contributed by atoms with van der Waals surface area (Å²) in [5.74, 6) is 0. The number of carbonyl (C=O) groups excluding carboxylic acids is 1. The Bertz CT molecular complexity index is 570. The molecule has 1 unspecified atom stereocenters. The summed E-state index contributed by atoms with van der Waals surface area (Å²) in [5.41, 5.74) is -0.662. The van der Waals surface area contributed by atoms with Gasteiger partial charge in [-0.15, -0.1) is 0 Å². The van der Waals surface area contributed by atoms with Crippen LogP contribution in [0, 0.1) is 0 Å². The fraction of sp³-hybridized carbons (Fsp3) is 0.538. The molecule has 1 aliphatic heterocycles. The summed E-state index contributed by atoms with van der Waals surface area (Å²) in [5, 5.41) is 0. The van der Waals surface area contributed by atoms with Crippen molar-refractivity contribution in [2.24, 2.45) is 0 Å². The molecule has 8 heteroatoms. The quantitative estimate of drug-likeness (QED) is 0.690. The molecule has 1 amide bonds. The van der Waals surface area contributed by atoms with Crippen LogP contribution in [-0.4, -0.2) is 27.8 Å². The zero-order chi connectivity index (χ0) is 16.0. The van der Waals surface area contributed by atoms with E-state index in [1.807, 2.05) is 0 Å². The number of halogens is 4. The second-order valence-corrected chi connectivity index (χ2v) is 6.67. The molecule has 4 nitrogen and oxygen atoms in total. The SMILES string of the molecule is CC(C)(C)OC(=O)N1Cc2cc(Br)cnc2C1C(F)(F)F. The van der Waals surface area contributed by atoms with Gasteiger partial charge in [0.25, 0.3) is 0 Å². The molecule has 2 rings (SSSR count). The maximum atomic E-state index is 13.3. The number of ether oxygens (including phenoxy) is 1. The average Bonchev–Trinajstić information content (AvgIpc) is 2.64. The van der Waals surface area contributed by atoms with Crippen LogP contribution in [-0.2, 0) is 11.3 Å². The van der Waals surface area contributed by atoms with Crippen molar-refractivity contribution in [3.63, 3.8) is 0 Å². The van der Waals surface area contributed by atoms with E-state index < -0.39 is 23.9 Å². The van der Waals surface area contributed by atoms with Crippen LogP contribution in [0.15, 0.2) is 16.7 Å². The second-order valence-electron chi connectivity index (χ2n) is 5.75. The molecule has 0 saturated heterocycles. The van der Waals surface area contributed by atoms with Crippen LogP contribution in [0.1, 0.15) is 38.1 Å². The van der Waals surface area contributed by atoms with Gasteiger partial charge in [-0.25, -0.2) is 4.79 Å². The van der Waals surface area contributed by atoms with Crippen molar-refractivity contribution in [3.8, 4) is 0 Å². The van der Waals surface area contributed by atoms with Gasteiger partial charge in [0.05, 0.1) is 12.2 Å². The van der Waals surface area contributed by atoms with E-state index in [2.05, 4.69) is 20.9 Å². The van der Waals surface area contributed by atoms with Gasteiger partial charge in [-0.2, -0.15) is 13.2 Å². The van der Waals surface area contributed by atoms with Crippen LogP contribution >= 0.6 is 15.9 Å². The van der Waals surface area contributed by atoms with Gasteiger partial charge in [0.2, 0.25) is 0 Å². The maximum absolute atomic E-state index is 13.3. The molecule has 116 valence electrons. The lowest BCUT2D eigenvalue weighted by Crippen LogP contribution is -2.41. The topological polar surface area (TPSA) is 42.4 Å². The number of alkyl halides is 3. The van der Waals surface area contributed by atoms with Crippen molar-refractivity contribution in [1.29, 1.82) is 0 Å². The van der Waals surface area contributed by atoms with Gasteiger partial charge in [0.1, 0.15) is 5.60 Å². The Labute approximate surface area is 128 Å². The number of aromatic nitrogens is 1. The van der Waals surface area contributed by atoms with Gasteiger partial charge in [0.15, 0.2) is 6.04 Å². The summed E-state index contributed by atoms with van der Waals surface area (Å²) in [6.07, 6.45) is -4.32. The van der Waals surface area contributed by atoms with Gasteiger partial charge in [-0.1, -0.05) is 0 Å². The molecular weight excluding hydrogens is 353 g/mol. The van der Waals surface area contributed by atoms with Crippen LogP contribution in [0.25, 0.3) is 0 Å². The Morgan fingerprint density at radius 1 is 1.43 bits per heavy atom. The Kier molecular flexibility index (Phi) is 3.94. The molecule has 0 saturated carbocycles. The fourth-order valence-electron chi connectivity index (χ4n) is 2.11. The van der Waals surface area contributed by atoms with Crippen molar-refractivity contribution >= 4 is 22.0 Å². The molecule has 0 aromatic carbocycles. The lowest BCUT2D eigenvalue weighted by atomic mass is 10.1. The maximum Gasteiger partial charge on any atom is 0.414 e. The van der Waals surface area contributed by atoms with E-state index in [0.717, 1.165) is 0 Å². The first-order valence-electron chi connectivity index (χ1n) is 6.20. The zero-order valence-corrected chi connectivity index (χ0v) is 13.2. The third-order valence-corrected chi connectivity index (χ3v) is 3.25. The Hall–Kier alpha value is -1.31. The number of amides is 1. The Morgan fingerprint density at radius 3 is 2.57 bits per heavy atom. The first kappa shape index (κ1) is 16.1. The number of rotatable bonds is 0. The first-order chi connectivity index (χ1) is 9.49. The van der Waals surface area contributed by atoms with Gasteiger partial charge in [-0.3, -0.25) is 9.88 Å². The standard InChI is InChI=1S/C13H14BrF3N2O2/c1-12(2,3)21-11(20)19-6-7-4-8(14)5-18-9(7)10(19)13(15,16)17/h4-5,10H,6H2,1-3H3. The molecule has 1 aromatic heterocycles. The minimum Gasteiger partial charge on any atom is -0.444 e. The number of nitrogens with zero attached hydrogens (tertiary/aromatic N) is 2. The smallest absolute Gasteiger partial charge is 0.414 e. The van der Waals surface area contributed by atoms with Crippen molar-refractivity contribution in [1.82, 2.24) is 9.88 Å². The zero-order valence-electron chi connectivity index (χ0n) is 11.7. The molecule has 1 aromatic rings. The molecule has 0 spiro atoms. The normalized spacial score (nSPS) is 18.6. The van der Waals surface area contributed by atoms with Crippen LogP contribution in [0.2, 0.25) is 0 Å². The highest BCUT2D eigenvalue weighted by molar-refractivity contribution is 9.10. The van der Waals surface area contributed by atoms with Crippen LogP contribution in [0.5, 0.6) is 0 Å². The summed E-state index contributed by atoms with van der Waals surface area (Å²) in [4.78, 5) is 16.5. The van der Waals surface area contributed by atoms with Crippen LogP contribution in [0.3, 0.4) is 0 Å². The number of fused-ring (bicyclic) bond motifs is 1. The molecule has 0 radical (unpaired) electrons. The Morgan fingerprint density at radius 2 is 2.05 bits per heavy atom. The molecule has 0 aliphatic carbocycles. The number of hydrogen-bond donors (Lipinski definition) is 0. The second kappa shape index (κ2) is 5.15. The van der Waals surface area contributed by atoms with Crippen molar-refractivity contribution in [2.75, 3.05) is 0 Å². The van der Waals surface area contributed by atoms with Gasteiger partial charge in [0, 0.05) is 10.7 Å². The first-order valence-corrected chi connectivity index (χ1v) is 6.99. The predicted molar refractivity (Wildman–Crippen MR) is 72.5 cm³/mol. The van der Waals surface area contributed by atoms with E-state index in [1.165, 1.54) is 12.3 Å². The minimum absolute atomic E-state index is 0.156.